The summed E-state index contributed by atoms with van der Waals surface area (Å²) < 4.78 is 0. The fourth-order valence-corrected chi connectivity index (χ4v) is 4.51. The number of hydrogen-bond donors (Lipinski definition) is 3. The van der Waals surface area contributed by atoms with Gasteiger partial charge in [-0.2, -0.15) is 0 Å². The largest absolute Gasteiger partial charge is 0.481 e. The summed E-state index contributed by atoms with van der Waals surface area (Å²) in [5.74, 6) is -4.23. The minimum Gasteiger partial charge on any atom is -0.481 e. The second-order valence-electron chi connectivity index (χ2n) is 7.22. The van der Waals surface area contributed by atoms with E-state index in [1.54, 1.807) is 11.3 Å². The van der Waals surface area contributed by atoms with Crippen molar-refractivity contribution in [1.29, 1.82) is 0 Å². The number of hydrogen-bond acceptors (Lipinski definition) is 4. The lowest BCUT2D eigenvalue weighted by Crippen LogP contribution is -2.33. The zero-order valence-electron chi connectivity index (χ0n) is 16.4. The summed E-state index contributed by atoms with van der Waals surface area (Å²) in [6, 6.07) is 20.7. The highest BCUT2D eigenvalue weighted by molar-refractivity contribution is 7.15. The van der Waals surface area contributed by atoms with Crippen LogP contribution in [0.3, 0.4) is 0 Å². The predicted molar refractivity (Wildman–Crippen MR) is 117 cm³/mol. The molecule has 1 aromatic heterocycles. The third kappa shape index (κ3) is 5.55. The van der Waals surface area contributed by atoms with E-state index < -0.39 is 23.8 Å². The molecule has 0 fully saturated rings. The van der Waals surface area contributed by atoms with E-state index in [-0.39, 0.29) is 19.4 Å². The van der Waals surface area contributed by atoms with Gasteiger partial charge in [-0.1, -0.05) is 54.6 Å². The van der Waals surface area contributed by atoms with Crippen LogP contribution in [0.5, 0.6) is 0 Å². The van der Waals surface area contributed by atoms with E-state index in [9.17, 15) is 19.8 Å². The molecule has 30 heavy (non-hydrogen) atoms. The molecule has 0 bridgehead atoms. The van der Waals surface area contributed by atoms with Crippen molar-refractivity contribution >= 4 is 23.3 Å². The molecule has 0 unspecified atom stereocenters. The lowest BCUT2D eigenvalue weighted by atomic mass is 9.82. The predicted octanol–water partition coefficient (Wildman–Crippen LogP) is 4.14. The summed E-state index contributed by atoms with van der Waals surface area (Å²) in [7, 11) is 0. The Morgan fingerprint density at radius 2 is 1.33 bits per heavy atom. The fraction of sp³-hybridized carbons (Fsp3) is 0.250. The van der Waals surface area contributed by atoms with Crippen molar-refractivity contribution in [3.8, 4) is 10.4 Å². The average molecular weight is 425 g/mol. The van der Waals surface area contributed by atoms with Crippen LogP contribution in [0.1, 0.15) is 16.0 Å². The highest BCUT2D eigenvalue weighted by Gasteiger charge is 2.34. The zero-order valence-corrected chi connectivity index (χ0v) is 17.2. The van der Waals surface area contributed by atoms with E-state index in [0.717, 1.165) is 26.4 Å². The average Bonchev–Trinajstić information content (AvgIpc) is 3.20. The van der Waals surface area contributed by atoms with Crippen LogP contribution < -0.4 is 0 Å². The van der Waals surface area contributed by atoms with Crippen molar-refractivity contribution in [3.63, 3.8) is 0 Å². The molecule has 0 aliphatic heterocycles. The van der Waals surface area contributed by atoms with Gasteiger partial charge in [0, 0.05) is 22.8 Å². The Hall–Kier alpha value is -2.96. The van der Waals surface area contributed by atoms with Gasteiger partial charge in [-0.05, 0) is 41.7 Å². The third-order valence-corrected chi connectivity index (χ3v) is 6.33. The van der Waals surface area contributed by atoms with Crippen molar-refractivity contribution in [1.82, 2.24) is 0 Å². The minimum atomic E-state index is -1.10. The summed E-state index contributed by atoms with van der Waals surface area (Å²) in [4.78, 5) is 25.9. The van der Waals surface area contributed by atoms with Gasteiger partial charge in [-0.15, -0.1) is 11.3 Å². The molecule has 1 heterocycles. The summed E-state index contributed by atoms with van der Waals surface area (Å²) in [5, 5.41) is 28.5. The van der Waals surface area contributed by atoms with Gasteiger partial charge in [-0.3, -0.25) is 9.59 Å². The molecule has 2 aromatic carbocycles. The summed E-state index contributed by atoms with van der Waals surface area (Å²) in [6.07, 6.45) is 0.953. The van der Waals surface area contributed by atoms with E-state index >= 15 is 0 Å². The van der Waals surface area contributed by atoms with Crippen molar-refractivity contribution in [2.24, 2.45) is 11.8 Å². The number of carboxylic acid groups (broad SMARTS) is 2. The number of carboxylic acids is 2. The Morgan fingerprint density at radius 1 is 0.767 bits per heavy atom. The second kappa shape index (κ2) is 10.2. The third-order valence-electron chi connectivity index (χ3n) is 5.13. The van der Waals surface area contributed by atoms with Gasteiger partial charge in [0.25, 0.3) is 0 Å². The first kappa shape index (κ1) is 21.7. The molecule has 0 saturated heterocycles. The Labute approximate surface area is 179 Å². The van der Waals surface area contributed by atoms with E-state index in [2.05, 4.69) is 0 Å². The van der Waals surface area contributed by atoms with Gasteiger partial charge in [0.15, 0.2) is 0 Å². The molecular weight excluding hydrogens is 400 g/mol. The van der Waals surface area contributed by atoms with Gasteiger partial charge in [0.05, 0.1) is 11.8 Å². The zero-order chi connectivity index (χ0) is 21.5. The van der Waals surface area contributed by atoms with Crippen molar-refractivity contribution in [2.75, 3.05) is 6.61 Å². The Balaban J connectivity index is 1.76. The molecule has 3 rings (SSSR count). The van der Waals surface area contributed by atoms with Crippen LogP contribution >= 0.6 is 11.3 Å². The molecule has 2 atom stereocenters. The fourth-order valence-electron chi connectivity index (χ4n) is 3.51. The molecule has 6 heteroatoms. The highest BCUT2D eigenvalue weighted by Crippen LogP contribution is 2.30. The molecule has 3 aromatic rings. The first-order valence-electron chi connectivity index (χ1n) is 9.76. The summed E-state index contributed by atoms with van der Waals surface area (Å²) in [5.41, 5.74) is 2.61. The van der Waals surface area contributed by atoms with Crippen molar-refractivity contribution in [3.05, 3.63) is 82.7 Å². The Morgan fingerprint density at radius 3 is 1.87 bits per heavy atom. The van der Waals surface area contributed by atoms with E-state index in [0.29, 0.717) is 6.42 Å². The minimum absolute atomic E-state index is 0.114. The molecule has 0 radical (unpaired) electrons. The van der Waals surface area contributed by atoms with Crippen LogP contribution in [0.15, 0.2) is 66.7 Å². The summed E-state index contributed by atoms with van der Waals surface area (Å²) in [6.45, 7) is 0.114. The highest BCUT2D eigenvalue weighted by atomic mass is 32.1. The number of rotatable bonds is 10. The number of aliphatic carboxylic acids is 2. The number of aliphatic hydroxyl groups is 1. The van der Waals surface area contributed by atoms with Crippen molar-refractivity contribution < 1.29 is 24.9 Å². The van der Waals surface area contributed by atoms with Crippen LogP contribution in [0.25, 0.3) is 10.4 Å². The number of benzene rings is 2. The molecule has 0 aliphatic rings. The quantitative estimate of drug-likeness (QED) is 0.455. The van der Waals surface area contributed by atoms with Gasteiger partial charge in [-0.25, -0.2) is 0 Å². The van der Waals surface area contributed by atoms with E-state index in [1.165, 1.54) is 0 Å². The normalized spacial score (nSPS) is 13.0. The first-order valence-corrected chi connectivity index (χ1v) is 10.6. The SMILES string of the molecule is O=C(O)[C@@H](Cc1ccccc1)[C@H](Cc1ccc(-c2ccc(CCO)s2)cc1)C(=O)O. The molecule has 5 nitrogen and oxygen atoms in total. The topological polar surface area (TPSA) is 94.8 Å². The second-order valence-corrected chi connectivity index (χ2v) is 8.39. The van der Waals surface area contributed by atoms with Crippen LogP contribution in [-0.2, 0) is 28.9 Å². The van der Waals surface area contributed by atoms with Gasteiger partial charge in [0.1, 0.15) is 0 Å². The van der Waals surface area contributed by atoms with E-state index in [4.69, 9.17) is 5.11 Å². The Bertz CT molecular complexity index is 978. The molecule has 0 amide bonds. The molecule has 0 saturated carbocycles. The van der Waals surface area contributed by atoms with Crippen LogP contribution in [0.4, 0.5) is 0 Å². The van der Waals surface area contributed by atoms with Crippen LogP contribution in [0, 0.1) is 11.8 Å². The van der Waals surface area contributed by atoms with E-state index in [1.807, 2.05) is 66.7 Å². The monoisotopic (exact) mass is 424 g/mol. The van der Waals surface area contributed by atoms with Gasteiger partial charge < -0.3 is 15.3 Å². The molecule has 3 N–H and O–H groups in total. The van der Waals surface area contributed by atoms with Gasteiger partial charge >= 0.3 is 11.9 Å². The number of aliphatic hydroxyl groups excluding tert-OH is 1. The smallest absolute Gasteiger partial charge is 0.307 e. The maximum Gasteiger partial charge on any atom is 0.307 e. The van der Waals surface area contributed by atoms with Crippen LogP contribution in [-0.4, -0.2) is 33.9 Å². The molecule has 156 valence electrons. The summed E-state index contributed by atoms with van der Waals surface area (Å²) >= 11 is 1.61. The van der Waals surface area contributed by atoms with Crippen molar-refractivity contribution in [2.45, 2.75) is 19.3 Å². The van der Waals surface area contributed by atoms with Crippen LogP contribution in [0.2, 0.25) is 0 Å². The standard InChI is InChI=1S/C24H24O5S/c25-13-12-19-10-11-22(30-19)18-8-6-17(7-9-18)15-21(24(28)29)20(23(26)27)14-16-4-2-1-3-5-16/h1-11,20-21,25H,12-15H2,(H,26,27)(H,28,29)/t20-,21-/m0/s1. The molecule has 0 aliphatic carbocycles. The maximum absolute atomic E-state index is 11.9. The molecular formula is C24H24O5S. The Kier molecular flexibility index (Phi) is 7.38. The lowest BCUT2D eigenvalue weighted by Gasteiger charge is -2.21. The lowest BCUT2D eigenvalue weighted by molar-refractivity contribution is -0.153. The number of carbonyl (C=O) groups is 2. The first-order chi connectivity index (χ1) is 14.5. The van der Waals surface area contributed by atoms with Gasteiger partial charge in [0.2, 0.25) is 0 Å². The molecule has 0 spiro atoms. The number of thiophene rings is 1. The maximum atomic E-state index is 11.9.